The van der Waals surface area contributed by atoms with Crippen molar-refractivity contribution in [2.24, 2.45) is 10.9 Å². The summed E-state index contributed by atoms with van der Waals surface area (Å²) >= 11 is 0. The maximum Gasteiger partial charge on any atom is 0.0366 e. The summed E-state index contributed by atoms with van der Waals surface area (Å²) in [7, 11) is 0. The van der Waals surface area contributed by atoms with E-state index in [1.165, 1.54) is 44.5 Å². The van der Waals surface area contributed by atoms with Gasteiger partial charge in [0.05, 0.1) is 0 Å². The molecular weight excluding hydrogens is 256 g/mol. The lowest BCUT2D eigenvalue weighted by atomic mass is 9.95. The molecular formula is C19H42N2. The summed E-state index contributed by atoms with van der Waals surface area (Å²) in [6, 6.07) is 0. The van der Waals surface area contributed by atoms with Crippen molar-refractivity contribution in [1.82, 2.24) is 5.32 Å². The van der Waals surface area contributed by atoms with Crippen molar-refractivity contribution in [3.8, 4) is 0 Å². The number of nitrogens with zero attached hydrogens (tertiary/aromatic N) is 1. The van der Waals surface area contributed by atoms with Gasteiger partial charge in [0.1, 0.15) is 0 Å². The van der Waals surface area contributed by atoms with Crippen LogP contribution in [-0.4, -0.2) is 19.3 Å². The molecule has 2 heterocycles. The molecule has 21 heavy (non-hydrogen) atoms. The molecule has 2 aliphatic rings. The molecule has 1 atom stereocenters. The summed E-state index contributed by atoms with van der Waals surface area (Å²) in [5.41, 5.74) is 1.33. The van der Waals surface area contributed by atoms with Crippen LogP contribution in [0.25, 0.3) is 0 Å². The average molecular weight is 299 g/mol. The molecule has 2 nitrogen and oxygen atoms in total. The second-order valence-electron chi connectivity index (χ2n) is 3.99. The standard InChI is InChI=1S/C11H18N2.4C2H6/c1-3-10(5-8-12-6-1)9-11-4-2-7-13-11;4*1-2/h4,7,10,12H,1-3,5-6,8-9H2;4*1-2H3. The van der Waals surface area contributed by atoms with Crippen LogP contribution < -0.4 is 5.32 Å². The number of aliphatic imine (C=N–C) groups is 1. The largest absolute Gasteiger partial charge is 0.317 e. The van der Waals surface area contributed by atoms with Crippen molar-refractivity contribution in [3.05, 3.63) is 11.8 Å². The lowest BCUT2D eigenvalue weighted by Crippen LogP contribution is -2.14. The van der Waals surface area contributed by atoms with E-state index < -0.39 is 0 Å². The zero-order chi connectivity index (χ0) is 16.9. The first-order chi connectivity index (χ1) is 10.4. The smallest absolute Gasteiger partial charge is 0.0366 e. The Morgan fingerprint density at radius 3 is 2.10 bits per heavy atom. The Labute approximate surface area is 135 Å². The molecule has 1 saturated heterocycles. The minimum absolute atomic E-state index is 0.872. The first-order valence-corrected chi connectivity index (χ1v) is 9.37. The van der Waals surface area contributed by atoms with Gasteiger partial charge in [0.2, 0.25) is 0 Å². The second kappa shape index (κ2) is 24.4. The molecule has 0 radical (unpaired) electrons. The number of nitrogens with one attached hydrogen (secondary N) is 1. The fourth-order valence-electron chi connectivity index (χ4n) is 2.14. The molecule has 0 amide bonds. The third-order valence-electron chi connectivity index (χ3n) is 2.91. The van der Waals surface area contributed by atoms with Crippen LogP contribution in [0.4, 0.5) is 0 Å². The van der Waals surface area contributed by atoms with Gasteiger partial charge in [0.25, 0.3) is 0 Å². The number of hydrogen-bond acceptors (Lipinski definition) is 2. The number of hydrogen-bond donors (Lipinski definition) is 1. The number of rotatable bonds is 2. The van der Waals surface area contributed by atoms with Crippen LogP contribution in [0.5, 0.6) is 0 Å². The molecule has 0 spiro atoms. The van der Waals surface area contributed by atoms with Gasteiger partial charge in [-0.05, 0) is 44.7 Å². The van der Waals surface area contributed by atoms with Gasteiger partial charge >= 0.3 is 0 Å². The van der Waals surface area contributed by atoms with Gasteiger partial charge in [0, 0.05) is 18.3 Å². The van der Waals surface area contributed by atoms with Crippen LogP contribution in [0.15, 0.2) is 16.8 Å². The van der Waals surface area contributed by atoms with Crippen LogP contribution >= 0.6 is 0 Å². The van der Waals surface area contributed by atoms with Gasteiger partial charge in [-0.15, -0.1) is 0 Å². The van der Waals surface area contributed by atoms with E-state index in [2.05, 4.69) is 16.4 Å². The summed E-state index contributed by atoms with van der Waals surface area (Å²) in [4.78, 5) is 4.38. The molecule has 128 valence electrons. The molecule has 0 aromatic rings. The van der Waals surface area contributed by atoms with Gasteiger partial charge in [-0.2, -0.15) is 0 Å². The average Bonchev–Trinajstić information content (AvgIpc) is 2.97. The van der Waals surface area contributed by atoms with Crippen LogP contribution in [0.1, 0.15) is 87.5 Å². The Bertz CT molecular complexity index is 212. The van der Waals surface area contributed by atoms with Gasteiger partial charge < -0.3 is 5.32 Å². The van der Waals surface area contributed by atoms with Crippen molar-refractivity contribution < 1.29 is 0 Å². The van der Waals surface area contributed by atoms with E-state index in [9.17, 15) is 0 Å². The van der Waals surface area contributed by atoms with Crippen LogP contribution in [0, 0.1) is 5.92 Å². The van der Waals surface area contributed by atoms with Gasteiger partial charge in [0.15, 0.2) is 0 Å². The monoisotopic (exact) mass is 298 g/mol. The summed E-state index contributed by atoms with van der Waals surface area (Å²) in [5.74, 6) is 0.872. The van der Waals surface area contributed by atoms with Crippen LogP contribution in [0.3, 0.4) is 0 Å². The highest BCUT2D eigenvalue weighted by atomic mass is 14.9. The van der Waals surface area contributed by atoms with E-state index in [0.717, 1.165) is 12.3 Å². The fourth-order valence-corrected chi connectivity index (χ4v) is 2.14. The van der Waals surface area contributed by atoms with Crippen LogP contribution in [0.2, 0.25) is 0 Å². The van der Waals surface area contributed by atoms with Crippen molar-refractivity contribution >= 4 is 6.21 Å². The molecule has 0 aliphatic carbocycles. The summed E-state index contributed by atoms with van der Waals surface area (Å²) in [6.45, 7) is 18.4. The van der Waals surface area contributed by atoms with Crippen molar-refractivity contribution in [3.63, 3.8) is 0 Å². The normalized spacial score (nSPS) is 18.9. The highest BCUT2D eigenvalue weighted by Gasteiger charge is 2.13. The zero-order valence-corrected chi connectivity index (χ0v) is 16.1. The highest BCUT2D eigenvalue weighted by molar-refractivity contribution is 5.64. The molecule has 0 aromatic heterocycles. The van der Waals surface area contributed by atoms with Gasteiger partial charge in [-0.3, -0.25) is 4.99 Å². The lowest BCUT2D eigenvalue weighted by Gasteiger charge is -2.12. The van der Waals surface area contributed by atoms with E-state index in [1.54, 1.807) is 0 Å². The van der Waals surface area contributed by atoms with Gasteiger partial charge in [-0.1, -0.05) is 61.5 Å². The molecule has 1 N–H and O–H groups in total. The van der Waals surface area contributed by atoms with Crippen molar-refractivity contribution in [1.29, 1.82) is 0 Å². The minimum atomic E-state index is 0.872. The van der Waals surface area contributed by atoms with E-state index >= 15 is 0 Å². The van der Waals surface area contributed by atoms with Crippen molar-refractivity contribution in [2.75, 3.05) is 13.1 Å². The van der Waals surface area contributed by atoms with Crippen molar-refractivity contribution in [2.45, 2.75) is 87.5 Å². The molecule has 1 unspecified atom stereocenters. The zero-order valence-electron chi connectivity index (χ0n) is 16.1. The predicted octanol–water partition coefficient (Wildman–Crippen LogP) is 6.23. The molecule has 0 saturated carbocycles. The third kappa shape index (κ3) is 15.6. The van der Waals surface area contributed by atoms with E-state index in [4.69, 9.17) is 0 Å². The molecule has 2 aliphatic heterocycles. The maximum absolute atomic E-state index is 4.38. The SMILES string of the molecule is C1=NC(CC2CCCNCC2)=CC1.CC.CC.CC.CC. The second-order valence-corrected chi connectivity index (χ2v) is 3.99. The third-order valence-corrected chi connectivity index (χ3v) is 2.91. The molecule has 2 heteroatoms. The van der Waals surface area contributed by atoms with E-state index in [0.29, 0.717) is 0 Å². The Balaban J connectivity index is -0.000000353. The Hall–Kier alpha value is -0.630. The molecule has 0 aromatic carbocycles. The lowest BCUT2D eigenvalue weighted by molar-refractivity contribution is 0.467. The Morgan fingerprint density at radius 2 is 1.57 bits per heavy atom. The summed E-state index contributed by atoms with van der Waals surface area (Å²) in [5, 5.41) is 3.44. The Kier molecular flexibility index (Phi) is 29.4. The molecule has 2 rings (SSSR count). The summed E-state index contributed by atoms with van der Waals surface area (Å²) < 4.78 is 0. The van der Waals surface area contributed by atoms with Gasteiger partial charge in [-0.25, -0.2) is 0 Å². The quantitative estimate of drug-likeness (QED) is 0.642. The highest BCUT2D eigenvalue weighted by Crippen LogP contribution is 2.24. The molecule has 0 bridgehead atoms. The van der Waals surface area contributed by atoms with E-state index in [1.807, 2.05) is 61.6 Å². The Morgan fingerprint density at radius 1 is 0.952 bits per heavy atom. The molecule has 1 fully saturated rings. The van der Waals surface area contributed by atoms with Crippen LogP contribution in [-0.2, 0) is 0 Å². The predicted molar refractivity (Wildman–Crippen MR) is 101 cm³/mol. The minimum Gasteiger partial charge on any atom is -0.317 e. The fraction of sp³-hybridized carbons (Fsp3) is 0.842. The number of allylic oxidation sites excluding steroid dienone is 2. The topological polar surface area (TPSA) is 24.4 Å². The van der Waals surface area contributed by atoms with E-state index in [-0.39, 0.29) is 0 Å². The first kappa shape index (κ1) is 25.3. The first-order valence-electron chi connectivity index (χ1n) is 9.37. The summed E-state index contributed by atoms with van der Waals surface area (Å²) in [6.07, 6.45) is 10.6. The maximum atomic E-state index is 4.38.